The van der Waals surface area contributed by atoms with Crippen LogP contribution in [-0.2, 0) is 0 Å². The highest BCUT2D eigenvalue weighted by molar-refractivity contribution is 7.14. The topological polar surface area (TPSA) is 143 Å². The Morgan fingerprint density at radius 2 is 1.82 bits per heavy atom. The van der Waals surface area contributed by atoms with Gasteiger partial charge < -0.3 is 20.6 Å². The average Bonchev–Trinajstić information content (AvgIpc) is 3.34. The molecule has 1 amide bonds. The molecule has 0 saturated carbocycles. The van der Waals surface area contributed by atoms with Gasteiger partial charge in [-0.2, -0.15) is 0 Å². The minimum Gasteiger partial charge on any atom is -0.476 e. The van der Waals surface area contributed by atoms with E-state index in [1.165, 1.54) is 28.6 Å². The number of thiazole rings is 1. The van der Waals surface area contributed by atoms with E-state index < -0.39 is 24.0 Å². The molecular formula is C21H18F3N5O4S. The van der Waals surface area contributed by atoms with Crippen molar-refractivity contribution in [3.63, 3.8) is 0 Å². The molecule has 2 heterocycles. The standard InChI is InChI=1S/C12H7F3N2O4S.C9H11N3/c13-12(14,15)21-8-4-2-1-3-6(8)9(18)17-11-16-7(5-22-11)10(19)20;1-5-3-7-8(4-6(5)2)12-9(10)11-7/h1-5H,(H,19,20)(H,16,17,18);3-4H,1-2H3,(H3,10,11,12). The van der Waals surface area contributed by atoms with E-state index in [4.69, 9.17) is 10.8 Å². The van der Waals surface area contributed by atoms with Gasteiger partial charge >= 0.3 is 12.3 Å². The smallest absolute Gasteiger partial charge is 0.476 e. The fourth-order valence-electron chi connectivity index (χ4n) is 2.75. The molecule has 0 spiro atoms. The number of carbonyl (C=O) groups excluding carboxylic acids is 1. The number of nitrogens with two attached hydrogens (primary N) is 1. The molecule has 0 radical (unpaired) electrons. The van der Waals surface area contributed by atoms with Gasteiger partial charge in [-0.3, -0.25) is 10.1 Å². The Balaban J connectivity index is 0.000000226. The first-order chi connectivity index (χ1) is 15.9. The number of amides is 1. The number of aromatic carboxylic acids is 1. The molecule has 0 aliphatic rings. The zero-order chi connectivity index (χ0) is 25.0. The first-order valence-corrected chi connectivity index (χ1v) is 10.4. The summed E-state index contributed by atoms with van der Waals surface area (Å²) in [5.41, 5.74) is 9.34. The molecule has 0 unspecified atom stereocenters. The molecule has 2 aromatic heterocycles. The highest BCUT2D eigenvalue weighted by Crippen LogP contribution is 2.27. The van der Waals surface area contributed by atoms with Crippen molar-refractivity contribution in [2.45, 2.75) is 20.2 Å². The highest BCUT2D eigenvalue weighted by atomic mass is 32.1. The minimum atomic E-state index is -4.94. The van der Waals surface area contributed by atoms with Crippen LogP contribution in [-0.4, -0.2) is 38.3 Å². The number of alkyl halides is 3. The molecule has 0 bridgehead atoms. The van der Waals surface area contributed by atoms with Crippen molar-refractivity contribution in [3.05, 3.63) is 64.2 Å². The Morgan fingerprint density at radius 1 is 1.15 bits per heavy atom. The Bertz CT molecular complexity index is 1310. The number of carbonyl (C=O) groups is 2. The summed E-state index contributed by atoms with van der Waals surface area (Å²) in [6, 6.07) is 8.88. The lowest BCUT2D eigenvalue weighted by atomic mass is 10.1. The summed E-state index contributed by atoms with van der Waals surface area (Å²) in [5.74, 6) is -2.36. The Kier molecular flexibility index (Phi) is 7.05. The number of nitrogens with zero attached hydrogens (tertiary/aromatic N) is 2. The van der Waals surface area contributed by atoms with Gasteiger partial charge in [-0.05, 0) is 49.2 Å². The number of aromatic nitrogens is 3. The number of benzene rings is 2. The number of fused-ring (bicyclic) bond motifs is 1. The monoisotopic (exact) mass is 493 g/mol. The fourth-order valence-corrected chi connectivity index (χ4v) is 3.43. The number of anilines is 2. The summed E-state index contributed by atoms with van der Waals surface area (Å²) in [6.45, 7) is 4.14. The number of hydrogen-bond acceptors (Lipinski definition) is 7. The summed E-state index contributed by atoms with van der Waals surface area (Å²) in [5, 5.41) is 12.1. The molecule has 0 atom stereocenters. The molecule has 4 aromatic rings. The maximum absolute atomic E-state index is 12.3. The lowest BCUT2D eigenvalue weighted by Crippen LogP contribution is -2.20. The van der Waals surface area contributed by atoms with Gasteiger partial charge in [-0.1, -0.05) is 12.1 Å². The summed E-state index contributed by atoms with van der Waals surface area (Å²) in [7, 11) is 0. The molecule has 0 saturated heterocycles. The second kappa shape index (κ2) is 9.79. The highest BCUT2D eigenvalue weighted by Gasteiger charge is 2.33. The van der Waals surface area contributed by atoms with Crippen LogP contribution >= 0.6 is 11.3 Å². The number of nitrogen functional groups attached to an aromatic ring is 1. The zero-order valence-electron chi connectivity index (χ0n) is 17.7. The van der Waals surface area contributed by atoms with Crippen LogP contribution < -0.4 is 15.8 Å². The van der Waals surface area contributed by atoms with E-state index in [0.29, 0.717) is 5.95 Å². The quantitative estimate of drug-likeness (QED) is 0.321. The van der Waals surface area contributed by atoms with Crippen LogP contribution in [0, 0.1) is 13.8 Å². The second-order valence-corrected chi connectivity index (χ2v) is 7.77. The van der Waals surface area contributed by atoms with Crippen molar-refractivity contribution in [1.82, 2.24) is 15.0 Å². The number of aromatic amines is 1. The minimum absolute atomic E-state index is 0.0517. The Morgan fingerprint density at radius 3 is 2.47 bits per heavy atom. The average molecular weight is 493 g/mol. The van der Waals surface area contributed by atoms with Gasteiger partial charge in [0.25, 0.3) is 5.91 Å². The van der Waals surface area contributed by atoms with Crippen molar-refractivity contribution >= 4 is 45.3 Å². The van der Waals surface area contributed by atoms with Crippen molar-refractivity contribution < 1.29 is 32.6 Å². The number of ether oxygens (including phenoxy) is 1. The van der Waals surface area contributed by atoms with Crippen LogP contribution in [0.2, 0.25) is 0 Å². The molecular weight excluding hydrogens is 475 g/mol. The van der Waals surface area contributed by atoms with E-state index in [1.54, 1.807) is 0 Å². The van der Waals surface area contributed by atoms with E-state index in [-0.39, 0.29) is 16.4 Å². The number of hydrogen-bond donors (Lipinski definition) is 4. The lowest BCUT2D eigenvalue weighted by molar-refractivity contribution is -0.274. The second-order valence-electron chi connectivity index (χ2n) is 6.92. The van der Waals surface area contributed by atoms with Gasteiger partial charge in [0, 0.05) is 5.38 Å². The largest absolute Gasteiger partial charge is 0.573 e. The molecule has 0 fully saturated rings. The first-order valence-electron chi connectivity index (χ1n) is 9.50. The third-order valence-electron chi connectivity index (χ3n) is 4.42. The molecule has 2 aromatic carbocycles. The van der Waals surface area contributed by atoms with E-state index >= 15 is 0 Å². The number of H-pyrrole nitrogens is 1. The summed E-state index contributed by atoms with van der Waals surface area (Å²) in [6.07, 6.45) is -4.94. The van der Waals surface area contributed by atoms with Gasteiger partial charge in [0.1, 0.15) is 5.75 Å². The summed E-state index contributed by atoms with van der Waals surface area (Å²) < 4.78 is 40.6. The maximum Gasteiger partial charge on any atom is 0.573 e. The van der Waals surface area contributed by atoms with Crippen molar-refractivity contribution in [1.29, 1.82) is 0 Å². The fraction of sp³-hybridized carbons (Fsp3) is 0.143. The molecule has 0 aliphatic carbocycles. The lowest BCUT2D eigenvalue weighted by Gasteiger charge is -2.12. The van der Waals surface area contributed by atoms with Gasteiger partial charge in [0.15, 0.2) is 16.8 Å². The van der Waals surface area contributed by atoms with Crippen LogP contribution in [0.1, 0.15) is 32.0 Å². The van der Waals surface area contributed by atoms with Crippen LogP contribution in [0.15, 0.2) is 41.8 Å². The van der Waals surface area contributed by atoms with Crippen molar-refractivity contribution in [3.8, 4) is 5.75 Å². The van der Waals surface area contributed by atoms with Crippen LogP contribution in [0.5, 0.6) is 5.75 Å². The van der Waals surface area contributed by atoms with Crippen LogP contribution in [0.3, 0.4) is 0 Å². The third kappa shape index (κ3) is 6.22. The number of imidazole rings is 1. The number of carboxylic acids is 1. The van der Waals surface area contributed by atoms with Gasteiger partial charge in [0.05, 0.1) is 16.6 Å². The molecule has 13 heteroatoms. The molecule has 9 nitrogen and oxygen atoms in total. The number of halogens is 3. The first kappa shape index (κ1) is 24.5. The Hall–Kier alpha value is -4.13. The van der Waals surface area contributed by atoms with E-state index in [9.17, 15) is 22.8 Å². The van der Waals surface area contributed by atoms with Gasteiger partial charge in [0.2, 0.25) is 0 Å². The number of para-hydroxylation sites is 1. The van der Waals surface area contributed by atoms with Crippen molar-refractivity contribution in [2.75, 3.05) is 11.1 Å². The molecule has 5 N–H and O–H groups in total. The van der Waals surface area contributed by atoms with Gasteiger partial charge in [-0.15, -0.1) is 24.5 Å². The predicted octanol–water partition coefficient (Wildman–Crippen LogP) is 4.75. The van der Waals surface area contributed by atoms with E-state index in [2.05, 4.69) is 44.9 Å². The third-order valence-corrected chi connectivity index (χ3v) is 5.17. The summed E-state index contributed by atoms with van der Waals surface area (Å²) >= 11 is 0.833. The number of nitrogens with one attached hydrogen (secondary N) is 2. The van der Waals surface area contributed by atoms with E-state index in [0.717, 1.165) is 34.5 Å². The molecule has 0 aliphatic heterocycles. The maximum atomic E-state index is 12.3. The normalized spacial score (nSPS) is 11.0. The molecule has 34 heavy (non-hydrogen) atoms. The SMILES string of the molecule is Cc1cc2nc(N)[nH]c2cc1C.O=C(O)c1csc(NC(=O)c2ccccc2OC(F)(F)F)n1. The number of aryl methyl sites for hydroxylation is 2. The van der Waals surface area contributed by atoms with Crippen LogP contribution in [0.25, 0.3) is 11.0 Å². The molecule has 178 valence electrons. The molecule has 4 rings (SSSR count). The Labute approximate surface area is 194 Å². The predicted molar refractivity (Wildman–Crippen MR) is 120 cm³/mol. The summed E-state index contributed by atoms with van der Waals surface area (Å²) in [4.78, 5) is 33.4. The van der Waals surface area contributed by atoms with Crippen LogP contribution in [0.4, 0.5) is 24.3 Å². The number of rotatable bonds is 4. The zero-order valence-corrected chi connectivity index (χ0v) is 18.5. The van der Waals surface area contributed by atoms with Gasteiger partial charge in [-0.25, -0.2) is 14.8 Å². The van der Waals surface area contributed by atoms with Crippen molar-refractivity contribution in [2.24, 2.45) is 0 Å². The van der Waals surface area contributed by atoms with E-state index in [1.807, 2.05) is 6.07 Å². The number of carboxylic acid groups (broad SMARTS) is 1.